The van der Waals surface area contributed by atoms with Crippen LogP contribution in [0.15, 0.2) is 72.4 Å². The molecule has 358 valence electrons. The van der Waals surface area contributed by atoms with Crippen molar-refractivity contribution >= 4 is 62.3 Å². The lowest BCUT2D eigenvalue weighted by molar-refractivity contribution is -0.144. The van der Waals surface area contributed by atoms with E-state index in [1.54, 1.807) is 29.0 Å². The van der Waals surface area contributed by atoms with E-state index in [9.17, 15) is 45.9 Å². The number of anilines is 3. The number of nitrogens with zero attached hydrogens (tertiary/aromatic N) is 4. The fraction of sp³-hybridized carbons (Fsp3) is 0.386. The van der Waals surface area contributed by atoms with Crippen molar-refractivity contribution in [2.45, 2.75) is 84.3 Å². The second kappa shape index (κ2) is 20.9. The van der Waals surface area contributed by atoms with Crippen LogP contribution in [0, 0.1) is 12.3 Å². The summed E-state index contributed by atoms with van der Waals surface area (Å²) in [6.45, 7) is 7.82. The van der Waals surface area contributed by atoms with Gasteiger partial charge in [0, 0.05) is 37.2 Å². The van der Waals surface area contributed by atoms with E-state index in [2.05, 4.69) is 36.1 Å². The molecule has 0 saturated carbocycles. The number of aryl methyl sites for hydroxylation is 1. The van der Waals surface area contributed by atoms with Gasteiger partial charge in [-0.15, -0.1) is 11.3 Å². The number of carbonyl (C=O) groups is 4. The molecule has 1 fully saturated rings. The lowest BCUT2D eigenvalue weighted by atomic mass is 9.85. The number of primary amides is 1. The number of nitrogens with two attached hydrogens (primary N) is 1. The van der Waals surface area contributed by atoms with Crippen LogP contribution in [0.4, 0.5) is 30.5 Å². The van der Waals surface area contributed by atoms with Crippen molar-refractivity contribution in [2.24, 2.45) is 11.1 Å². The minimum atomic E-state index is -4.93. The molecule has 2 aromatic carbocycles. The zero-order valence-corrected chi connectivity index (χ0v) is 38.6. The molecule has 1 aliphatic heterocycles. The van der Waals surface area contributed by atoms with Crippen LogP contribution >= 0.6 is 11.3 Å². The largest absolute Gasteiger partial charge is 0.492 e. The molecule has 1 saturated heterocycles. The molecule has 0 spiro atoms. The minimum Gasteiger partial charge on any atom is -0.492 e. The predicted molar refractivity (Wildman–Crippen MR) is 245 cm³/mol. The molecule has 0 radical (unpaired) electrons. The Morgan fingerprint density at radius 1 is 1.00 bits per heavy atom. The lowest BCUT2D eigenvalue weighted by Gasteiger charge is -2.35. The highest BCUT2D eigenvalue weighted by Gasteiger charge is 2.44. The summed E-state index contributed by atoms with van der Waals surface area (Å²) < 4.78 is 69.2. The number of H-pyrrole nitrogens is 1. The molecule has 3 atom stereocenters. The van der Waals surface area contributed by atoms with Crippen molar-refractivity contribution in [1.29, 1.82) is 0 Å². The summed E-state index contributed by atoms with van der Waals surface area (Å²) in [4.78, 5) is 64.1. The van der Waals surface area contributed by atoms with Gasteiger partial charge < -0.3 is 36.4 Å². The fourth-order valence-corrected chi connectivity index (χ4v) is 9.08. The Labute approximate surface area is 388 Å². The molecule has 0 bridgehead atoms. The Bertz CT molecular complexity index is 2650. The van der Waals surface area contributed by atoms with Crippen LogP contribution in [0.1, 0.15) is 68.1 Å². The van der Waals surface area contributed by atoms with Gasteiger partial charge in [0.2, 0.25) is 27.7 Å². The number of alkyl halides is 3. The van der Waals surface area contributed by atoms with Gasteiger partial charge in [-0.2, -0.15) is 18.3 Å². The number of carbonyl (C=O) groups excluding carboxylic acids is 4. The topological polar surface area (TPSA) is 264 Å². The number of β-amino-alcohol motifs (C(OH)–C–C–N with tert-alkyl or cyclic N) is 1. The van der Waals surface area contributed by atoms with Crippen LogP contribution in [-0.4, -0.2) is 105 Å². The molecule has 0 aliphatic carbocycles. The van der Waals surface area contributed by atoms with Gasteiger partial charge in [0.25, 0.3) is 5.91 Å². The Hall–Kier alpha value is -6.59. The van der Waals surface area contributed by atoms with Gasteiger partial charge >= 0.3 is 6.18 Å². The van der Waals surface area contributed by atoms with E-state index in [-0.39, 0.29) is 67.0 Å². The molecule has 1 aliphatic rings. The van der Waals surface area contributed by atoms with Crippen molar-refractivity contribution in [3.05, 3.63) is 89.2 Å². The summed E-state index contributed by atoms with van der Waals surface area (Å²) in [5.41, 5.74) is 9.76. The number of rotatable bonds is 19. The number of aromatic nitrogens is 4. The van der Waals surface area contributed by atoms with Gasteiger partial charge in [-0.05, 0) is 60.6 Å². The number of sulfonamides is 1. The highest BCUT2D eigenvalue weighted by atomic mass is 32.2. The van der Waals surface area contributed by atoms with Gasteiger partial charge in [-0.1, -0.05) is 57.2 Å². The van der Waals surface area contributed by atoms with Gasteiger partial charge in [-0.3, -0.25) is 29.0 Å². The molecule has 4 amide bonds. The first-order valence-corrected chi connectivity index (χ1v) is 23.6. The first-order chi connectivity index (χ1) is 31.6. The number of benzene rings is 2. The van der Waals surface area contributed by atoms with Crippen LogP contribution in [0.5, 0.6) is 5.75 Å². The minimum absolute atomic E-state index is 0.0427. The summed E-state index contributed by atoms with van der Waals surface area (Å²) in [5.74, 6) is -3.36. The molecular weight excluding hydrogens is 918 g/mol. The Morgan fingerprint density at radius 3 is 2.31 bits per heavy atom. The van der Waals surface area contributed by atoms with Gasteiger partial charge in [0.15, 0.2) is 5.75 Å². The SMILES string of the molecule is Cc1ncsc1-c1ccc(CNC(=O)[C@@H]2C[C@@H](O)CN2C(=O)C(NC(=O)CCCCOc2ccc(Nc3[nH]nc(-c4ccc(NS(=O)(=O)CC(F)(F)F)cc4)c3C(N)=O)nc2)C(C)(C)C)cc1. The normalized spacial score (nSPS) is 15.7. The van der Waals surface area contributed by atoms with Gasteiger partial charge in [0.05, 0.1) is 35.0 Å². The number of pyridine rings is 1. The number of hydrogen-bond donors (Lipinski definition) is 7. The number of nitrogens with one attached hydrogen (secondary N) is 5. The first kappa shape index (κ1) is 49.8. The molecular formula is C44H51F3N10O8S2. The number of ether oxygens (including phenoxy) is 1. The first-order valence-electron chi connectivity index (χ1n) is 21.0. The highest BCUT2D eigenvalue weighted by molar-refractivity contribution is 7.92. The van der Waals surface area contributed by atoms with Crippen LogP contribution in [0.25, 0.3) is 21.7 Å². The molecule has 3 aromatic heterocycles. The molecule has 5 aromatic rings. The van der Waals surface area contributed by atoms with Crippen molar-refractivity contribution in [1.82, 2.24) is 35.7 Å². The fourth-order valence-electron chi connectivity index (χ4n) is 7.27. The maximum absolute atomic E-state index is 14.0. The lowest BCUT2D eigenvalue weighted by Crippen LogP contribution is -2.57. The smallest absolute Gasteiger partial charge is 0.404 e. The average Bonchev–Trinajstić information content (AvgIpc) is 3.99. The Morgan fingerprint density at radius 2 is 1.70 bits per heavy atom. The number of unbranched alkanes of at least 4 members (excludes halogenated alkanes) is 1. The van der Waals surface area contributed by atoms with Gasteiger partial charge in [-0.25, -0.2) is 18.4 Å². The summed E-state index contributed by atoms with van der Waals surface area (Å²) in [6.07, 6.45) is -3.32. The zero-order valence-electron chi connectivity index (χ0n) is 36.9. The van der Waals surface area contributed by atoms with E-state index >= 15 is 0 Å². The van der Waals surface area contributed by atoms with E-state index in [1.165, 1.54) is 35.4 Å². The number of likely N-dealkylation sites (tertiary alicyclic amines) is 1. The van der Waals surface area contributed by atoms with E-state index in [1.807, 2.05) is 56.7 Å². The van der Waals surface area contributed by atoms with E-state index < -0.39 is 63.3 Å². The highest BCUT2D eigenvalue weighted by Crippen LogP contribution is 2.31. The monoisotopic (exact) mass is 968 g/mol. The predicted octanol–water partition coefficient (Wildman–Crippen LogP) is 5.41. The van der Waals surface area contributed by atoms with Crippen molar-refractivity contribution in [3.63, 3.8) is 0 Å². The standard InChI is InChI=1S/C44H51F3N10O8S2/c1-25-37(66-24-51-25)28-10-8-26(9-11-28)20-50-41(61)32-19-30(58)22-57(32)42(62)38(43(2,3)4)53-34(59)7-5-6-18-65-31-16-17-33(49-21-31)52-40-35(39(48)60)36(54-55-40)27-12-14-29(15-13-27)56-67(63,64)23-44(45,46)47/h8-17,21,24,30,32,38,56,58H,5-7,18-20,22-23H2,1-4H3,(H2,48,60)(H,50,61)(H,53,59)(H2,49,52,54,55)/t30-,32+,38?/m1/s1. The third-order valence-corrected chi connectivity index (χ3v) is 12.8. The number of aliphatic hydroxyl groups is 1. The third kappa shape index (κ3) is 13.5. The van der Waals surface area contributed by atoms with E-state index in [0.29, 0.717) is 24.2 Å². The summed E-state index contributed by atoms with van der Waals surface area (Å²) in [7, 11) is -4.70. The molecule has 6 rings (SSSR count). The van der Waals surface area contributed by atoms with Crippen LogP contribution in [0.3, 0.4) is 0 Å². The van der Waals surface area contributed by atoms with Crippen LogP contribution < -0.4 is 31.1 Å². The number of aliphatic hydroxyl groups excluding tert-OH is 1. The number of amides is 4. The quantitative estimate of drug-likeness (QED) is 0.0513. The number of aromatic amines is 1. The van der Waals surface area contributed by atoms with Gasteiger partial charge in [0.1, 0.15) is 40.7 Å². The second-order valence-electron chi connectivity index (χ2n) is 17.0. The van der Waals surface area contributed by atoms with E-state index in [4.69, 9.17) is 10.5 Å². The molecule has 4 heterocycles. The maximum atomic E-state index is 14.0. The second-order valence-corrected chi connectivity index (χ2v) is 19.6. The van der Waals surface area contributed by atoms with Crippen LogP contribution in [-0.2, 0) is 31.0 Å². The summed E-state index contributed by atoms with van der Waals surface area (Å²) in [6, 6.07) is 14.2. The molecule has 8 N–H and O–H groups in total. The maximum Gasteiger partial charge on any atom is 0.404 e. The molecule has 18 nitrogen and oxygen atoms in total. The summed E-state index contributed by atoms with van der Waals surface area (Å²) in [5, 5.41) is 26.0. The third-order valence-electron chi connectivity index (χ3n) is 10.6. The van der Waals surface area contributed by atoms with E-state index in [0.717, 1.165) is 21.7 Å². The molecule has 1 unspecified atom stereocenters. The molecule has 23 heteroatoms. The average molecular weight is 969 g/mol. The number of halogens is 3. The van der Waals surface area contributed by atoms with Crippen molar-refractivity contribution in [2.75, 3.05) is 28.9 Å². The molecule has 67 heavy (non-hydrogen) atoms. The summed E-state index contributed by atoms with van der Waals surface area (Å²) >= 11 is 1.55. The van der Waals surface area contributed by atoms with Crippen molar-refractivity contribution in [3.8, 4) is 27.4 Å². The zero-order chi connectivity index (χ0) is 48.7. The Balaban J connectivity index is 0.957. The van der Waals surface area contributed by atoms with Crippen LogP contribution in [0.2, 0.25) is 0 Å². The number of thiazole rings is 1. The Kier molecular flexibility index (Phi) is 15.6. The van der Waals surface area contributed by atoms with Crippen molar-refractivity contribution < 1.29 is 50.6 Å². The number of hydrogen-bond acceptors (Lipinski definition) is 13.